The van der Waals surface area contributed by atoms with Gasteiger partial charge in [0.25, 0.3) is 23.8 Å². The largest absolute Gasteiger partial charge is 0.366 e. The lowest BCUT2D eigenvalue weighted by molar-refractivity contribution is 0.214. The molecule has 18 nitrogen and oxygen atoms in total. The maximum absolute atomic E-state index is 5.70. The van der Waals surface area contributed by atoms with Gasteiger partial charge in [-0.1, -0.05) is 24.2 Å². The van der Waals surface area contributed by atoms with Gasteiger partial charge < -0.3 is 5.73 Å². The van der Waals surface area contributed by atoms with E-state index >= 15 is 0 Å². The Hall–Kier alpha value is -4.22. The van der Waals surface area contributed by atoms with Gasteiger partial charge in [0.15, 0.2) is 5.84 Å². The van der Waals surface area contributed by atoms with Gasteiger partial charge >= 0.3 is 0 Å². The molecule has 33 heavy (non-hydrogen) atoms. The zero-order valence-electron chi connectivity index (χ0n) is 19.2. The van der Waals surface area contributed by atoms with Crippen molar-refractivity contribution in [2.24, 2.45) is 36.4 Å². The van der Waals surface area contributed by atoms with Crippen LogP contribution in [0, 0.1) is 0 Å². The van der Waals surface area contributed by atoms with Crippen LogP contribution in [0.4, 0.5) is 23.8 Å². The summed E-state index contributed by atoms with van der Waals surface area (Å²) in [7, 11) is 0. The van der Waals surface area contributed by atoms with Crippen molar-refractivity contribution in [2.45, 2.75) is 34.6 Å². The van der Waals surface area contributed by atoms with E-state index in [4.69, 9.17) is 5.73 Å². The molecule has 5 N–H and O–H groups in total. The van der Waals surface area contributed by atoms with E-state index in [1.54, 1.807) is 11.9 Å². The topological polar surface area (TPSA) is 224 Å². The number of rotatable bonds is 11. The molecular formula is C15H28N18. The molecule has 0 atom stereocenters. The van der Waals surface area contributed by atoms with Crippen LogP contribution in [0.1, 0.15) is 34.6 Å². The van der Waals surface area contributed by atoms with Crippen LogP contribution in [0.15, 0.2) is 30.7 Å². The molecule has 2 rings (SSSR count). The lowest BCUT2D eigenvalue weighted by Gasteiger charge is -2.16. The number of hydrazone groups is 1. The molecule has 0 amide bonds. The summed E-state index contributed by atoms with van der Waals surface area (Å²) in [4.78, 5) is 7.97. The molecule has 2 heterocycles. The van der Waals surface area contributed by atoms with Gasteiger partial charge in [-0.2, -0.15) is 9.98 Å². The highest BCUT2D eigenvalue weighted by atomic mass is 15.7. The van der Waals surface area contributed by atoms with Crippen molar-refractivity contribution in [3.05, 3.63) is 0 Å². The third-order valence-corrected chi connectivity index (χ3v) is 3.79. The Labute approximate surface area is 189 Å². The molecule has 0 aliphatic rings. The number of nitrogens with one attached hydrogen (secondary N) is 3. The Balaban J connectivity index is 1.93. The second kappa shape index (κ2) is 13.2. The van der Waals surface area contributed by atoms with Crippen LogP contribution in [0.5, 0.6) is 0 Å². The highest BCUT2D eigenvalue weighted by Crippen LogP contribution is 2.11. The second-order valence-corrected chi connectivity index (χ2v) is 6.06. The maximum Gasteiger partial charge on any atom is 0.291 e. The number of H-pyrrole nitrogens is 1. The number of aromatic nitrogens is 7. The summed E-state index contributed by atoms with van der Waals surface area (Å²) < 4.78 is 0. The number of aliphatic imine (C=N–C) groups is 1. The third kappa shape index (κ3) is 8.81. The summed E-state index contributed by atoms with van der Waals surface area (Å²) in [6.07, 6.45) is 0. The highest BCUT2D eigenvalue weighted by Gasteiger charge is 2.07. The monoisotopic (exact) mass is 460 g/mol. The summed E-state index contributed by atoms with van der Waals surface area (Å²) in [5.41, 5.74) is 8.55. The molecule has 0 bridgehead atoms. The Kier molecular flexibility index (Phi) is 10.1. The number of anilines is 2. The predicted molar refractivity (Wildman–Crippen MR) is 120 cm³/mol. The number of hydrazine groups is 1. The molecule has 0 aliphatic heterocycles. The SMILES string of the molecule is CCN(CC)N=Nc1nc(Nc2nnc(N=C(N)N=NC(C)=NNN(CC)CC)nn2)n[nH]1. The van der Waals surface area contributed by atoms with Crippen LogP contribution in [-0.4, -0.2) is 83.6 Å². The molecule has 0 fully saturated rings. The number of hydrogen-bond donors (Lipinski definition) is 4. The number of azo groups is 1. The molecule has 178 valence electrons. The van der Waals surface area contributed by atoms with Gasteiger partial charge in [-0.15, -0.1) is 40.8 Å². The molecule has 0 saturated carbocycles. The van der Waals surface area contributed by atoms with Crippen LogP contribution in [-0.2, 0) is 0 Å². The minimum absolute atomic E-state index is 0.0471. The van der Waals surface area contributed by atoms with Gasteiger partial charge in [-0.05, 0) is 20.8 Å². The van der Waals surface area contributed by atoms with E-state index in [-0.39, 0.29) is 29.8 Å². The van der Waals surface area contributed by atoms with Crippen molar-refractivity contribution in [3.63, 3.8) is 0 Å². The van der Waals surface area contributed by atoms with Crippen LogP contribution in [0.3, 0.4) is 0 Å². The van der Waals surface area contributed by atoms with E-state index in [1.165, 1.54) is 0 Å². The van der Waals surface area contributed by atoms with Crippen molar-refractivity contribution in [3.8, 4) is 0 Å². The molecule has 0 radical (unpaired) electrons. The summed E-state index contributed by atoms with van der Waals surface area (Å²) >= 11 is 0. The zero-order valence-corrected chi connectivity index (χ0v) is 19.2. The zero-order chi connectivity index (χ0) is 24.1. The molecule has 0 saturated heterocycles. The fourth-order valence-electron chi connectivity index (χ4n) is 2.01. The van der Waals surface area contributed by atoms with Gasteiger partial charge in [-0.25, -0.2) is 15.6 Å². The molecule has 0 aliphatic carbocycles. The Morgan fingerprint density at radius 1 is 0.970 bits per heavy atom. The lowest BCUT2D eigenvalue weighted by atomic mass is 10.6. The quantitative estimate of drug-likeness (QED) is 0.160. The average Bonchev–Trinajstić information content (AvgIpc) is 3.27. The van der Waals surface area contributed by atoms with Gasteiger partial charge in [0, 0.05) is 26.2 Å². The van der Waals surface area contributed by atoms with Crippen molar-refractivity contribution >= 4 is 35.6 Å². The molecule has 0 unspecified atom stereocenters. The molecule has 0 aromatic carbocycles. The van der Waals surface area contributed by atoms with Gasteiger partial charge in [0.05, 0.1) is 0 Å². The standard InChI is InChI=1S/C15H28N18/c1-6-32(7-2)30-21-10(5)20-22-11(16)17-13-24-26-14(27-25-13)18-12-19-15(28-23-12)29-31-33(8-3)9-4/h30H,6-9H2,1-5H3,(H2,16,17,24,25)(H2,18,19,23,26,27,28). The smallest absolute Gasteiger partial charge is 0.291 e. The van der Waals surface area contributed by atoms with Crippen molar-refractivity contribution in [1.29, 1.82) is 0 Å². The van der Waals surface area contributed by atoms with Crippen LogP contribution in [0.2, 0.25) is 0 Å². The first kappa shape index (κ1) is 25.0. The average molecular weight is 461 g/mol. The van der Waals surface area contributed by atoms with Crippen LogP contribution in [0.25, 0.3) is 0 Å². The Bertz CT molecular complexity index is 951. The van der Waals surface area contributed by atoms with Crippen molar-refractivity contribution < 1.29 is 0 Å². The Morgan fingerprint density at radius 3 is 2.30 bits per heavy atom. The first-order chi connectivity index (χ1) is 16.0. The summed E-state index contributed by atoms with van der Waals surface area (Å²) in [6, 6.07) is 0. The lowest BCUT2D eigenvalue weighted by Crippen LogP contribution is -2.34. The first-order valence-corrected chi connectivity index (χ1v) is 10.2. The van der Waals surface area contributed by atoms with Gasteiger partial charge in [-0.3, -0.25) is 10.3 Å². The molecular weight excluding hydrogens is 432 g/mol. The molecule has 0 spiro atoms. The second-order valence-electron chi connectivity index (χ2n) is 6.06. The number of nitrogens with two attached hydrogens (primary N) is 1. The minimum Gasteiger partial charge on any atom is -0.366 e. The summed E-state index contributed by atoms with van der Waals surface area (Å²) in [6.45, 7) is 12.6. The third-order valence-electron chi connectivity index (χ3n) is 3.79. The Morgan fingerprint density at radius 2 is 1.67 bits per heavy atom. The molecule has 18 heteroatoms. The summed E-state index contributed by atoms with van der Waals surface area (Å²) in [5, 5.41) is 47.8. The highest BCUT2D eigenvalue weighted by molar-refractivity contribution is 5.84. The van der Waals surface area contributed by atoms with E-state index in [0.29, 0.717) is 5.84 Å². The number of amidine groups is 1. The van der Waals surface area contributed by atoms with Crippen LogP contribution >= 0.6 is 0 Å². The summed E-state index contributed by atoms with van der Waals surface area (Å²) in [5.74, 6) is 0.510. The van der Waals surface area contributed by atoms with Crippen molar-refractivity contribution in [1.82, 2.24) is 51.1 Å². The van der Waals surface area contributed by atoms with Crippen LogP contribution < -0.4 is 16.6 Å². The first-order valence-electron chi connectivity index (χ1n) is 10.2. The van der Waals surface area contributed by atoms with E-state index in [1.807, 2.05) is 32.7 Å². The minimum atomic E-state index is -0.186. The van der Waals surface area contributed by atoms with E-state index in [0.717, 1.165) is 26.2 Å². The molecule has 2 aromatic rings. The number of nitrogens with zero attached hydrogens (tertiary/aromatic N) is 14. The fraction of sp³-hybridized carbons (Fsp3) is 0.600. The van der Waals surface area contributed by atoms with E-state index in [2.05, 4.69) is 77.1 Å². The normalized spacial score (nSPS) is 12.8. The van der Waals surface area contributed by atoms with E-state index in [9.17, 15) is 0 Å². The number of guanidine groups is 1. The fourth-order valence-corrected chi connectivity index (χ4v) is 2.01. The number of hydrogen-bond acceptors (Lipinski definition) is 13. The number of aromatic amines is 1. The van der Waals surface area contributed by atoms with Crippen molar-refractivity contribution in [2.75, 3.05) is 31.5 Å². The van der Waals surface area contributed by atoms with E-state index < -0.39 is 0 Å². The van der Waals surface area contributed by atoms with Gasteiger partial charge in [0.2, 0.25) is 5.96 Å². The molecule has 2 aromatic heterocycles. The predicted octanol–water partition coefficient (Wildman–Crippen LogP) is 1.05. The maximum atomic E-state index is 5.70. The van der Waals surface area contributed by atoms with Gasteiger partial charge in [0.1, 0.15) is 0 Å².